The summed E-state index contributed by atoms with van der Waals surface area (Å²) in [5.41, 5.74) is 4.54. The van der Waals surface area contributed by atoms with Crippen LogP contribution in [-0.4, -0.2) is 39.9 Å². The summed E-state index contributed by atoms with van der Waals surface area (Å²) in [7, 11) is 1.59. The van der Waals surface area contributed by atoms with Gasteiger partial charge in [0.15, 0.2) is 0 Å². The summed E-state index contributed by atoms with van der Waals surface area (Å²) in [5.74, 6) is 6.95. The minimum absolute atomic E-state index is 0.124. The molecule has 3 rings (SSSR count). The standard InChI is InChI=1S/C19H20BrN7O2S/c1-29-16-8-7-15(20)9-14(16)11-23-24-18-25-26-19(27(18)21)30-12-17(28)22-10-13-5-3-2-4-6-13/h2-9,11H,10,12,21H2,1H3,(H,22,28)(H,24,25)/b23-11+. The number of nitrogen functional groups attached to an aromatic ring is 1. The molecule has 1 aromatic heterocycles. The van der Waals surface area contributed by atoms with Crippen LogP contribution in [0.3, 0.4) is 0 Å². The van der Waals surface area contributed by atoms with E-state index in [-0.39, 0.29) is 17.6 Å². The molecule has 9 nitrogen and oxygen atoms in total. The van der Waals surface area contributed by atoms with Gasteiger partial charge in [-0.2, -0.15) is 5.10 Å². The average Bonchev–Trinajstić information content (AvgIpc) is 3.11. The Kier molecular flexibility index (Phi) is 7.69. The molecule has 1 heterocycles. The van der Waals surface area contributed by atoms with E-state index in [2.05, 4.69) is 42.0 Å². The van der Waals surface area contributed by atoms with Crippen LogP contribution in [0.15, 0.2) is 63.3 Å². The molecule has 0 bridgehead atoms. The van der Waals surface area contributed by atoms with Crippen LogP contribution in [0.5, 0.6) is 5.75 Å². The number of aromatic nitrogens is 3. The fourth-order valence-electron chi connectivity index (χ4n) is 2.40. The number of hydrogen-bond acceptors (Lipinski definition) is 8. The number of hydrazone groups is 1. The Balaban J connectivity index is 1.52. The maximum Gasteiger partial charge on any atom is 0.264 e. The number of ether oxygens (including phenoxy) is 1. The summed E-state index contributed by atoms with van der Waals surface area (Å²) in [6.07, 6.45) is 1.59. The highest BCUT2D eigenvalue weighted by Gasteiger charge is 2.12. The molecule has 3 aromatic rings. The summed E-state index contributed by atoms with van der Waals surface area (Å²) in [5, 5.41) is 15.3. The molecule has 0 fully saturated rings. The summed E-state index contributed by atoms with van der Waals surface area (Å²) in [4.78, 5) is 12.0. The Morgan fingerprint density at radius 1 is 1.30 bits per heavy atom. The zero-order valence-corrected chi connectivity index (χ0v) is 18.5. The summed E-state index contributed by atoms with van der Waals surface area (Å²) in [6.45, 7) is 0.468. The lowest BCUT2D eigenvalue weighted by molar-refractivity contribution is -0.118. The molecule has 4 N–H and O–H groups in total. The van der Waals surface area contributed by atoms with Crippen LogP contribution >= 0.6 is 27.7 Å². The van der Waals surface area contributed by atoms with E-state index in [1.165, 1.54) is 16.4 Å². The number of carbonyl (C=O) groups excluding carboxylic acids is 1. The first kappa shape index (κ1) is 21.7. The van der Waals surface area contributed by atoms with E-state index in [4.69, 9.17) is 10.6 Å². The fraction of sp³-hybridized carbons (Fsp3) is 0.158. The second-order valence-electron chi connectivity index (χ2n) is 5.98. The molecule has 0 spiro atoms. The van der Waals surface area contributed by atoms with E-state index in [0.29, 0.717) is 17.5 Å². The quantitative estimate of drug-likeness (QED) is 0.183. The second-order valence-corrected chi connectivity index (χ2v) is 7.84. The highest BCUT2D eigenvalue weighted by atomic mass is 79.9. The topological polar surface area (TPSA) is 119 Å². The van der Waals surface area contributed by atoms with Gasteiger partial charge in [0.25, 0.3) is 5.95 Å². The van der Waals surface area contributed by atoms with Crippen molar-refractivity contribution in [2.45, 2.75) is 11.7 Å². The zero-order chi connectivity index (χ0) is 21.3. The molecule has 0 atom stereocenters. The van der Waals surface area contributed by atoms with Crippen molar-refractivity contribution in [2.75, 3.05) is 24.1 Å². The van der Waals surface area contributed by atoms with Gasteiger partial charge in [-0.05, 0) is 23.8 Å². The van der Waals surface area contributed by atoms with Crippen LogP contribution in [0.4, 0.5) is 5.95 Å². The number of carbonyl (C=O) groups is 1. The van der Waals surface area contributed by atoms with Crippen LogP contribution < -0.4 is 21.3 Å². The monoisotopic (exact) mass is 489 g/mol. The Hall–Kier alpha value is -3.05. The van der Waals surface area contributed by atoms with Crippen molar-refractivity contribution < 1.29 is 9.53 Å². The van der Waals surface area contributed by atoms with Crippen LogP contribution in [0.25, 0.3) is 0 Å². The van der Waals surface area contributed by atoms with Crippen molar-refractivity contribution in [1.82, 2.24) is 20.2 Å². The molecule has 11 heteroatoms. The number of amides is 1. The first-order valence-corrected chi connectivity index (χ1v) is 10.6. The molecule has 0 aliphatic rings. The molecule has 2 aromatic carbocycles. The van der Waals surface area contributed by atoms with E-state index in [9.17, 15) is 4.79 Å². The molecule has 0 radical (unpaired) electrons. The minimum atomic E-state index is -0.124. The number of rotatable bonds is 9. The number of methoxy groups -OCH3 is 1. The third kappa shape index (κ3) is 5.97. The van der Waals surface area contributed by atoms with Gasteiger partial charge in [0.2, 0.25) is 11.1 Å². The Labute approximate surface area is 186 Å². The molecule has 156 valence electrons. The third-order valence-corrected chi connectivity index (χ3v) is 5.33. The van der Waals surface area contributed by atoms with E-state index < -0.39 is 0 Å². The molecule has 1 amide bonds. The third-order valence-electron chi connectivity index (χ3n) is 3.89. The molecule has 0 aliphatic carbocycles. The highest BCUT2D eigenvalue weighted by molar-refractivity contribution is 9.10. The maximum atomic E-state index is 12.0. The van der Waals surface area contributed by atoms with Gasteiger partial charge in [0.05, 0.1) is 19.1 Å². The molecular formula is C19H20BrN7O2S. The van der Waals surface area contributed by atoms with Crippen LogP contribution in [-0.2, 0) is 11.3 Å². The number of nitrogens with zero attached hydrogens (tertiary/aromatic N) is 4. The fourth-order valence-corrected chi connectivity index (χ4v) is 3.46. The van der Waals surface area contributed by atoms with E-state index >= 15 is 0 Å². The largest absolute Gasteiger partial charge is 0.496 e. The van der Waals surface area contributed by atoms with Gasteiger partial charge in [-0.1, -0.05) is 58.0 Å². The number of thioether (sulfide) groups is 1. The van der Waals surface area contributed by atoms with Crippen LogP contribution in [0.1, 0.15) is 11.1 Å². The van der Waals surface area contributed by atoms with Crippen molar-refractivity contribution in [3.05, 3.63) is 64.1 Å². The number of nitrogens with one attached hydrogen (secondary N) is 2. The SMILES string of the molecule is COc1ccc(Br)cc1/C=N/Nc1nnc(SCC(=O)NCc2ccccc2)n1N. The number of anilines is 1. The maximum absolute atomic E-state index is 12.0. The lowest BCUT2D eigenvalue weighted by atomic mass is 10.2. The van der Waals surface area contributed by atoms with Crippen LogP contribution in [0.2, 0.25) is 0 Å². The second kappa shape index (κ2) is 10.6. The van der Waals surface area contributed by atoms with Crippen molar-refractivity contribution in [2.24, 2.45) is 5.10 Å². The summed E-state index contributed by atoms with van der Waals surface area (Å²) >= 11 is 4.59. The summed E-state index contributed by atoms with van der Waals surface area (Å²) < 4.78 is 7.43. The minimum Gasteiger partial charge on any atom is -0.496 e. The number of halogens is 1. The lowest BCUT2D eigenvalue weighted by Gasteiger charge is -2.06. The molecular weight excluding hydrogens is 470 g/mol. The van der Waals surface area contributed by atoms with Gasteiger partial charge in [-0.25, -0.2) is 10.1 Å². The zero-order valence-electron chi connectivity index (χ0n) is 16.1. The molecule has 0 saturated heterocycles. The van der Waals surface area contributed by atoms with E-state index in [1.807, 2.05) is 48.5 Å². The molecule has 0 aliphatic heterocycles. The van der Waals surface area contributed by atoms with Crippen molar-refractivity contribution >= 4 is 45.8 Å². The van der Waals surface area contributed by atoms with E-state index in [0.717, 1.165) is 15.6 Å². The van der Waals surface area contributed by atoms with Gasteiger partial charge in [0, 0.05) is 16.6 Å². The van der Waals surface area contributed by atoms with Crippen LogP contribution in [0, 0.1) is 0 Å². The molecule has 30 heavy (non-hydrogen) atoms. The number of hydrogen-bond donors (Lipinski definition) is 3. The molecule has 0 unspecified atom stereocenters. The Bertz CT molecular complexity index is 1030. The van der Waals surface area contributed by atoms with Gasteiger partial charge in [-0.3, -0.25) is 4.79 Å². The first-order chi connectivity index (χ1) is 14.6. The highest BCUT2D eigenvalue weighted by Crippen LogP contribution is 2.21. The Morgan fingerprint density at radius 2 is 2.10 bits per heavy atom. The summed E-state index contributed by atoms with van der Waals surface area (Å²) in [6, 6.07) is 15.3. The number of nitrogens with two attached hydrogens (primary N) is 1. The van der Waals surface area contributed by atoms with Gasteiger partial charge >= 0.3 is 0 Å². The Morgan fingerprint density at radius 3 is 2.87 bits per heavy atom. The number of benzene rings is 2. The lowest BCUT2D eigenvalue weighted by Crippen LogP contribution is -2.25. The molecule has 0 saturated carbocycles. The van der Waals surface area contributed by atoms with E-state index in [1.54, 1.807) is 13.3 Å². The van der Waals surface area contributed by atoms with Crippen molar-refractivity contribution in [3.8, 4) is 5.75 Å². The van der Waals surface area contributed by atoms with Crippen molar-refractivity contribution in [3.63, 3.8) is 0 Å². The van der Waals surface area contributed by atoms with Crippen molar-refractivity contribution in [1.29, 1.82) is 0 Å². The normalized spacial score (nSPS) is 10.9. The predicted octanol–water partition coefficient (Wildman–Crippen LogP) is 2.62. The average molecular weight is 490 g/mol. The van der Waals surface area contributed by atoms with Gasteiger partial charge in [0.1, 0.15) is 5.75 Å². The smallest absolute Gasteiger partial charge is 0.264 e. The predicted molar refractivity (Wildman–Crippen MR) is 121 cm³/mol. The van der Waals surface area contributed by atoms with Gasteiger partial charge < -0.3 is 15.9 Å². The first-order valence-electron chi connectivity index (χ1n) is 8.83. The van der Waals surface area contributed by atoms with Gasteiger partial charge in [-0.15, -0.1) is 10.2 Å².